The maximum absolute atomic E-state index is 12.1. The van der Waals surface area contributed by atoms with Crippen molar-refractivity contribution in [2.75, 3.05) is 7.11 Å². The highest BCUT2D eigenvalue weighted by Crippen LogP contribution is 2.28. The van der Waals surface area contributed by atoms with Crippen LogP contribution in [0.4, 0.5) is 0 Å². The zero-order valence-electron chi connectivity index (χ0n) is 21.1. The van der Waals surface area contributed by atoms with Gasteiger partial charge in [0, 0.05) is 35.1 Å². The number of aromatic nitrogens is 6. The number of ether oxygens (including phenoxy) is 1. The van der Waals surface area contributed by atoms with Crippen molar-refractivity contribution in [2.45, 2.75) is 26.2 Å². The molecule has 0 amide bonds. The molecule has 0 atom stereocenters. The number of esters is 1. The van der Waals surface area contributed by atoms with Crippen molar-refractivity contribution >= 4 is 11.8 Å². The van der Waals surface area contributed by atoms with Gasteiger partial charge in [-0.2, -0.15) is 10.2 Å². The van der Waals surface area contributed by atoms with E-state index in [4.69, 9.17) is 9.72 Å². The van der Waals surface area contributed by atoms with Gasteiger partial charge in [-0.25, -0.2) is 9.97 Å². The first kappa shape index (κ1) is 24.8. The fraction of sp³-hybridized carbons (Fsp3) is 0.172. The Morgan fingerprint density at radius 3 is 1.79 bits per heavy atom. The molecule has 0 unspecified atom stereocenters. The van der Waals surface area contributed by atoms with Crippen LogP contribution in [0.25, 0.3) is 45.6 Å². The van der Waals surface area contributed by atoms with Gasteiger partial charge >= 0.3 is 5.97 Å². The summed E-state index contributed by atoms with van der Waals surface area (Å²) in [6.45, 7) is 1.86. The van der Waals surface area contributed by atoms with Crippen LogP contribution in [-0.2, 0) is 27.2 Å². The van der Waals surface area contributed by atoms with Gasteiger partial charge < -0.3 is 4.74 Å². The number of hydrogen-bond donors (Lipinski definition) is 2. The number of ketones is 1. The van der Waals surface area contributed by atoms with Crippen molar-refractivity contribution in [3.63, 3.8) is 0 Å². The summed E-state index contributed by atoms with van der Waals surface area (Å²) >= 11 is 0. The molecule has 2 aromatic heterocycles. The fourth-order valence-electron chi connectivity index (χ4n) is 4.20. The van der Waals surface area contributed by atoms with E-state index in [0.29, 0.717) is 36.1 Å². The minimum atomic E-state index is -0.324. The summed E-state index contributed by atoms with van der Waals surface area (Å²) in [6.07, 6.45) is 0.984. The molecule has 9 heteroatoms. The lowest BCUT2D eigenvalue weighted by atomic mass is 10.0. The molecule has 0 saturated heterocycles. The molecular formula is C29H26N6O3. The molecule has 190 valence electrons. The van der Waals surface area contributed by atoms with Gasteiger partial charge in [0.25, 0.3) is 0 Å². The van der Waals surface area contributed by atoms with Gasteiger partial charge in [0.2, 0.25) is 0 Å². The van der Waals surface area contributed by atoms with Crippen LogP contribution in [0.5, 0.6) is 0 Å². The third-order valence-electron chi connectivity index (χ3n) is 6.24. The standard InChI is InChI=1S/C29H26N6O3/c1-3-22(36)16-18-9-4-6-13-23(18)28-30-26(32-34-28)20-11-8-12-21(15-20)27-31-29(35-33-27)24-14-7-5-10-19(24)17-25(37)38-2/h4-15H,3,16-17H2,1-2H3,(H,30,32,34)(H,31,33,35). The Balaban J connectivity index is 1.42. The number of H-pyrrole nitrogens is 2. The first-order valence-corrected chi connectivity index (χ1v) is 12.3. The van der Waals surface area contributed by atoms with Gasteiger partial charge in [-0.1, -0.05) is 73.7 Å². The van der Waals surface area contributed by atoms with E-state index in [-0.39, 0.29) is 18.2 Å². The van der Waals surface area contributed by atoms with Crippen molar-refractivity contribution in [3.8, 4) is 45.6 Å². The molecule has 9 nitrogen and oxygen atoms in total. The number of carbonyl (C=O) groups excluding carboxylic acids is 2. The molecule has 5 rings (SSSR count). The minimum absolute atomic E-state index is 0.140. The lowest BCUT2D eigenvalue weighted by Crippen LogP contribution is -2.05. The van der Waals surface area contributed by atoms with Crippen molar-refractivity contribution < 1.29 is 14.3 Å². The molecule has 2 heterocycles. The van der Waals surface area contributed by atoms with Crippen molar-refractivity contribution in [3.05, 3.63) is 83.9 Å². The lowest BCUT2D eigenvalue weighted by Gasteiger charge is -2.05. The van der Waals surface area contributed by atoms with Crippen LogP contribution >= 0.6 is 0 Å². The van der Waals surface area contributed by atoms with Crippen LogP contribution < -0.4 is 0 Å². The smallest absolute Gasteiger partial charge is 0.310 e. The van der Waals surface area contributed by atoms with Gasteiger partial charge in [-0.3, -0.25) is 19.8 Å². The van der Waals surface area contributed by atoms with E-state index in [1.807, 2.05) is 79.7 Å². The largest absolute Gasteiger partial charge is 0.469 e. The summed E-state index contributed by atoms with van der Waals surface area (Å²) < 4.78 is 4.82. The van der Waals surface area contributed by atoms with Gasteiger partial charge in [0.05, 0.1) is 13.5 Å². The number of aromatic amines is 2. The Morgan fingerprint density at radius 1 is 0.737 bits per heavy atom. The second kappa shape index (κ2) is 11.0. The SMILES string of the molecule is CCC(=O)Cc1ccccc1-c1nc(-c2cccc(-c3n[nH]c(-c4ccccc4CC(=O)OC)n3)c2)n[nH]1. The van der Waals surface area contributed by atoms with E-state index < -0.39 is 0 Å². The highest BCUT2D eigenvalue weighted by Gasteiger charge is 2.16. The maximum atomic E-state index is 12.1. The van der Waals surface area contributed by atoms with E-state index in [0.717, 1.165) is 33.4 Å². The highest BCUT2D eigenvalue weighted by atomic mass is 16.5. The number of nitrogens with zero attached hydrogens (tertiary/aromatic N) is 4. The van der Waals surface area contributed by atoms with Crippen molar-refractivity contribution in [2.24, 2.45) is 0 Å². The Bertz CT molecular complexity index is 1490. The molecule has 3 aromatic carbocycles. The maximum Gasteiger partial charge on any atom is 0.310 e. The summed E-state index contributed by atoms with van der Waals surface area (Å²) in [7, 11) is 1.37. The number of methoxy groups -OCH3 is 1. The average Bonchev–Trinajstić information content (AvgIpc) is 3.64. The molecular weight excluding hydrogens is 480 g/mol. The molecule has 0 fully saturated rings. The molecule has 0 spiro atoms. The molecule has 0 bridgehead atoms. The molecule has 0 saturated carbocycles. The minimum Gasteiger partial charge on any atom is -0.469 e. The predicted octanol–water partition coefficient (Wildman–Crippen LogP) is 4.83. The number of carbonyl (C=O) groups is 2. The lowest BCUT2D eigenvalue weighted by molar-refractivity contribution is -0.139. The summed E-state index contributed by atoms with van der Waals surface area (Å²) in [4.78, 5) is 33.3. The van der Waals surface area contributed by atoms with Crippen LogP contribution in [0, 0.1) is 0 Å². The molecule has 0 aliphatic carbocycles. The topological polar surface area (TPSA) is 127 Å². The van der Waals surface area contributed by atoms with E-state index >= 15 is 0 Å². The molecule has 38 heavy (non-hydrogen) atoms. The van der Waals surface area contributed by atoms with Crippen molar-refractivity contribution in [1.82, 2.24) is 30.4 Å². The molecule has 2 N–H and O–H groups in total. The van der Waals surface area contributed by atoms with Crippen LogP contribution in [-0.4, -0.2) is 49.2 Å². The van der Waals surface area contributed by atoms with Crippen LogP contribution in [0.3, 0.4) is 0 Å². The summed E-state index contributed by atoms with van der Waals surface area (Å²) in [5.74, 6) is 2.04. The Labute approximate surface area is 219 Å². The fourth-order valence-corrected chi connectivity index (χ4v) is 4.20. The Morgan fingerprint density at radius 2 is 1.26 bits per heavy atom. The predicted molar refractivity (Wildman–Crippen MR) is 143 cm³/mol. The van der Waals surface area contributed by atoms with Gasteiger partial charge in [0.15, 0.2) is 23.3 Å². The van der Waals surface area contributed by atoms with E-state index in [1.165, 1.54) is 7.11 Å². The molecule has 5 aromatic rings. The summed E-state index contributed by atoms with van der Waals surface area (Å²) in [6, 6.07) is 22.9. The van der Waals surface area contributed by atoms with E-state index in [9.17, 15) is 9.59 Å². The normalized spacial score (nSPS) is 10.9. The summed E-state index contributed by atoms with van der Waals surface area (Å²) in [5.41, 5.74) is 4.93. The monoisotopic (exact) mass is 506 g/mol. The number of benzene rings is 3. The molecule has 0 aliphatic heterocycles. The molecule has 0 radical (unpaired) electrons. The number of Topliss-reactive ketones (excluding diaryl/α,β-unsaturated/α-hetero) is 1. The second-order valence-corrected chi connectivity index (χ2v) is 8.73. The molecule has 0 aliphatic rings. The number of nitrogens with one attached hydrogen (secondary N) is 2. The number of rotatable bonds is 9. The zero-order valence-corrected chi connectivity index (χ0v) is 21.1. The van der Waals surface area contributed by atoms with E-state index in [2.05, 4.69) is 25.4 Å². The van der Waals surface area contributed by atoms with Crippen LogP contribution in [0.1, 0.15) is 24.5 Å². The third-order valence-corrected chi connectivity index (χ3v) is 6.24. The zero-order chi connectivity index (χ0) is 26.5. The van der Waals surface area contributed by atoms with Crippen LogP contribution in [0.15, 0.2) is 72.8 Å². The Hall–Kier alpha value is -4.92. The van der Waals surface area contributed by atoms with Gasteiger partial charge in [0.1, 0.15) is 5.78 Å². The average molecular weight is 507 g/mol. The quantitative estimate of drug-likeness (QED) is 0.274. The Kier molecular flexibility index (Phi) is 7.17. The number of hydrogen-bond acceptors (Lipinski definition) is 7. The van der Waals surface area contributed by atoms with Gasteiger partial charge in [-0.15, -0.1) is 0 Å². The van der Waals surface area contributed by atoms with E-state index in [1.54, 1.807) is 0 Å². The first-order valence-electron chi connectivity index (χ1n) is 12.3. The third kappa shape index (κ3) is 5.27. The summed E-state index contributed by atoms with van der Waals surface area (Å²) in [5, 5.41) is 14.8. The van der Waals surface area contributed by atoms with Crippen molar-refractivity contribution in [1.29, 1.82) is 0 Å². The highest BCUT2D eigenvalue weighted by molar-refractivity contribution is 5.83. The van der Waals surface area contributed by atoms with Gasteiger partial charge in [-0.05, 0) is 17.2 Å². The van der Waals surface area contributed by atoms with Crippen LogP contribution in [0.2, 0.25) is 0 Å². The second-order valence-electron chi connectivity index (χ2n) is 8.73. The first-order chi connectivity index (χ1) is 18.6.